The smallest absolute Gasteiger partial charge is 0.303 e. The molecular formula is C12H13ClN2O3. The van der Waals surface area contributed by atoms with Gasteiger partial charge in [-0.3, -0.25) is 9.59 Å². The molecule has 0 saturated carbocycles. The molecule has 1 amide bonds. The molecule has 4 N–H and O–H groups in total. The molecule has 0 aromatic heterocycles. The number of benzene rings is 1. The van der Waals surface area contributed by atoms with Gasteiger partial charge in [0.1, 0.15) is 0 Å². The zero-order chi connectivity index (χ0) is 13.3. The van der Waals surface area contributed by atoms with E-state index < -0.39 is 12.0 Å². The number of carboxylic acid groups (broad SMARTS) is 1. The first-order chi connectivity index (χ1) is 8.47. The maximum atomic E-state index is 11.4. The molecule has 0 radical (unpaired) electrons. The number of hydrogen-bond acceptors (Lipinski definition) is 3. The predicted octanol–water partition coefficient (Wildman–Crippen LogP) is 1.70. The minimum atomic E-state index is -0.895. The quantitative estimate of drug-likeness (QED) is 0.775. The summed E-state index contributed by atoms with van der Waals surface area (Å²) in [7, 11) is 0. The molecule has 1 aromatic carbocycles. The molecule has 0 fully saturated rings. The largest absolute Gasteiger partial charge is 0.481 e. The minimum Gasteiger partial charge on any atom is -0.481 e. The monoisotopic (exact) mass is 268 g/mol. The number of aliphatic carboxylic acids is 1. The lowest BCUT2D eigenvalue weighted by atomic mass is 9.98. The summed E-state index contributed by atoms with van der Waals surface area (Å²) in [6, 6.07) is 2.95. The summed E-state index contributed by atoms with van der Waals surface area (Å²) >= 11 is 5.97. The van der Waals surface area contributed by atoms with Crippen LogP contribution in [-0.4, -0.2) is 17.0 Å². The lowest BCUT2D eigenvalue weighted by Crippen LogP contribution is -2.14. The van der Waals surface area contributed by atoms with E-state index >= 15 is 0 Å². The van der Waals surface area contributed by atoms with Gasteiger partial charge in [-0.1, -0.05) is 11.6 Å². The molecule has 0 bridgehead atoms. The van der Waals surface area contributed by atoms with Crippen LogP contribution in [0.5, 0.6) is 0 Å². The Morgan fingerprint density at radius 3 is 2.94 bits per heavy atom. The molecule has 0 spiro atoms. The van der Waals surface area contributed by atoms with E-state index in [-0.39, 0.29) is 18.7 Å². The second-order valence-corrected chi connectivity index (χ2v) is 4.73. The zero-order valence-corrected chi connectivity index (χ0v) is 10.3. The Kier molecular flexibility index (Phi) is 3.54. The van der Waals surface area contributed by atoms with Crippen LogP contribution in [0.2, 0.25) is 5.02 Å². The number of halogens is 1. The van der Waals surface area contributed by atoms with Crippen molar-refractivity contribution in [3.8, 4) is 0 Å². The van der Waals surface area contributed by atoms with Crippen molar-refractivity contribution in [3.05, 3.63) is 28.3 Å². The fraction of sp³-hybridized carbons (Fsp3) is 0.333. The second-order valence-electron chi connectivity index (χ2n) is 4.29. The zero-order valence-electron chi connectivity index (χ0n) is 9.57. The molecule has 2 rings (SSSR count). The predicted molar refractivity (Wildman–Crippen MR) is 67.6 cm³/mol. The van der Waals surface area contributed by atoms with Crippen LogP contribution in [-0.2, 0) is 16.0 Å². The molecule has 1 heterocycles. The number of rotatable bonds is 4. The number of nitrogens with one attached hydrogen (secondary N) is 1. The number of carboxylic acids is 1. The molecule has 1 unspecified atom stereocenters. The van der Waals surface area contributed by atoms with Crippen molar-refractivity contribution in [2.75, 3.05) is 5.32 Å². The second kappa shape index (κ2) is 4.96. The number of hydrogen-bond donors (Lipinski definition) is 3. The first kappa shape index (κ1) is 12.9. The number of amides is 1. The fourth-order valence-corrected chi connectivity index (χ4v) is 2.31. The van der Waals surface area contributed by atoms with Crippen molar-refractivity contribution in [1.29, 1.82) is 0 Å². The van der Waals surface area contributed by atoms with Gasteiger partial charge in [0.15, 0.2) is 0 Å². The van der Waals surface area contributed by atoms with E-state index in [0.717, 1.165) is 5.56 Å². The van der Waals surface area contributed by atoms with E-state index in [2.05, 4.69) is 5.32 Å². The highest BCUT2D eigenvalue weighted by atomic mass is 35.5. The molecule has 0 saturated heterocycles. The first-order valence-electron chi connectivity index (χ1n) is 5.57. The van der Waals surface area contributed by atoms with Gasteiger partial charge in [-0.05, 0) is 29.7 Å². The first-order valence-corrected chi connectivity index (χ1v) is 5.94. The molecular weight excluding hydrogens is 256 g/mol. The summed E-state index contributed by atoms with van der Waals surface area (Å²) in [5.74, 6) is -0.993. The topological polar surface area (TPSA) is 92.4 Å². The standard InChI is InChI=1S/C12H13ClN2O3/c13-7-3-6-4-10(16)15-12(6)8(5-7)9(14)1-2-11(17)18/h3,5,9H,1-2,4,14H2,(H,15,16)(H,17,18). The van der Waals surface area contributed by atoms with Crippen LogP contribution >= 0.6 is 11.6 Å². The fourth-order valence-electron chi connectivity index (χ4n) is 2.06. The average molecular weight is 269 g/mol. The molecule has 18 heavy (non-hydrogen) atoms. The summed E-state index contributed by atoms with van der Waals surface area (Å²) in [5, 5.41) is 11.9. The van der Waals surface area contributed by atoms with Crippen LogP contribution in [0.4, 0.5) is 5.69 Å². The molecule has 5 nitrogen and oxygen atoms in total. The van der Waals surface area contributed by atoms with E-state index in [1.165, 1.54) is 0 Å². The van der Waals surface area contributed by atoms with Crippen molar-refractivity contribution < 1.29 is 14.7 Å². The number of nitrogens with two attached hydrogens (primary N) is 1. The number of carbonyl (C=O) groups excluding carboxylic acids is 1. The van der Waals surface area contributed by atoms with Gasteiger partial charge in [-0.25, -0.2) is 0 Å². The van der Waals surface area contributed by atoms with Gasteiger partial charge in [0.2, 0.25) is 5.91 Å². The van der Waals surface area contributed by atoms with E-state index in [1.807, 2.05) is 0 Å². The normalized spacial score (nSPS) is 15.1. The van der Waals surface area contributed by atoms with E-state index in [0.29, 0.717) is 22.7 Å². The van der Waals surface area contributed by atoms with Crippen LogP contribution in [0.1, 0.15) is 30.0 Å². The average Bonchev–Trinajstić information content (AvgIpc) is 2.64. The molecule has 96 valence electrons. The maximum Gasteiger partial charge on any atom is 0.303 e. The van der Waals surface area contributed by atoms with Crippen molar-refractivity contribution in [1.82, 2.24) is 0 Å². The van der Waals surface area contributed by atoms with E-state index in [9.17, 15) is 9.59 Å². The van der Waals surface area contributed by atoms with Gasteiger partial charge < -0.3 is 16.2 Å². The van der Waals surface area contributed by atoms with Crippen molar-refractivity contribution in [2.45, 2.75) is 25.3 Å². The van der Waals surface area contributed by atoms with Gasteiger partial charge in [0.25, 0.3) is 0 Å². The third-order valence-corrected chi connectivity index (χ3v) is 3.12. The van der Waals surface area contributed by atoms with Crippen LogP contribution in [0.15, 0.2) is 12.1 Å². The number of carbonyl (C=O) groups is 2. The lowest BCUT2D eigenvalue weighted by Gasteiger charge is -2.15. The van der Waals surface area contributed by atoms with Gasteiger partial charge in [-0.2, -0.15) is 0 Å². The van der Waals surface area contributed by atoms with Gasteiger partial charge in [0, 0.05) is 23.2 Å². The highest BCUT2D eigenvalue weighted by Gasteiger charge is 2.24. The lowest BCUT2D eigenvalue weighted by molar-refractivity contribution is -0.137. The Balaban J connectivity index is 2.28. The SMILES string of the molecule is NC(CCC(=O)O)c1cc(Cl)cc2c1NC(=O)C2. The van der Waals surface area contributed by atoms with Crippen molar-refractivity contribution in [3.63, 3.8) is 0 Å². The van der Waals surface area contributed by atoms with Crippen LogP contribution < -0.4 is 11.1 Å². The molecule has 1 aliphatic rings. The van der Waals surface area contributed by atoms with Gasteiger partial charge >= 0.3 is 5.97 Å². The van der Waals surface area contributed by atoms with Crippen LogP contribution in [0.25, 0.3) is 0 Å². The Labute approximate surface area is 109 Å². The summed E-state index contributed by atoms with van der Waals surface area (Å²) in [5.41, 5.74) is 8.15. The van der Waals surface area contributed by atoms with Crippen molar-refractivity contribution in [2.24, 2.45) is 5.73 Å². The minimum absolute atomic E-state index is 0.0175. The highest BCUT2D eigenvalue weighted by Crippen LogP contribution is 2.34. The third kappa shape index (κ3) is 2.63. The molecule has 0 aliphatic carbocycles. The Morgan fingerprint density at radius 2 is 2.28 bits per heavy atom. The molecule has 1 aromatic rings. The highest BCUT2D eigenvalue weighted by molar-refractivity contribution is 6.31. The number of fused-ring (bicyclic) bond motifs is 1. The Morgan fingerprint density at radius 1 is 1.56 bits per heavy atom. The van der Waals surface area contributed by atoms with Crippen LogP contribution in [0.3, 0.4) is 0 Å². The summed E-state index contributed by atoms with van der Waals surface area (Å²) in [6.07, 6.45) is 0.572. The number of anilines is 1. The maximum absolute atomic E-state index is 11.4. The van der Waals surface area contributed by atoms with E-state index in [1.54, 1.807) is 12.1 Å². The summed E-state index contributed by atoms with van der Waals surface area (Å²) in [6.45, 7) is 0. The molecule has 1 atom stereocenters. The van der Waals surface area contributed by atoms with E-state index in [4.69, 9.17) is 22.4 Å². The Bertz CT molecular complexity index is 516. The molecule has 6 heteroatoms. The molecule has 1 aliphatic heterocycles. The van der Waals surface area contributed by atoms with Crippen LogP contribution in [0, 0.1) is 0 Å². The van der Waals surface area contributed by atoms with Gasteiger partial charge in [0.05, 0.1) is 6.42 Å². The van der Waals surface area contributed by atoms with Crippen molar-refractivity contribution >= 4 is 29.2 Å². The summed E-state index contributed by atoms with van der Waals surface area (Å²) < 4.78 is 0. The summed E-state index contributed by atoms with van der Waals surface area (Å²) in [4.78, 5) is 21.9. The Hall–Kier alpha value is -1.59. The third-order valence-electron chi connectivity index (χ3n) is 2.90. The van der Waals surface area contributed by atoms with Gasteiger partial charge in [-0.15, -0.1) is 0 Å².